The third-order valence-electron chi connectivity index (χ3n) is 5.39. The van der Waals surface area contributed by atoms with Crippen LogP contribution in [0.25, 0.3) is 5.70 Å². The Kier molecular flexibility index (Phi) is 6.57. The molecule has 158 valence electrons. The molecule has 0 fully saturated rings. The maximum atomic E-state index is 5.69. The Hall–Kier alpha value is -1.61. The molecule has 4 nitrogen and oxygen atoms in total. The second-order valence-electron chi connectivity index (χ2n) is 8.92. The second kappa shape index (κ2) is 8.63. The number of hydrogen-bond acceptors (Lipinski definition) is 4. The molecule has 0 bridgehead atoms. The molecule has 0 radical (unpaired) electrons. The van der Waals surface area contributed by atoms with Crippen LogP contribution in [0.5, 0.6) is 0 Å². The predicted octanol–water partition coefficient (Wildman–Crippen LogP) is 6.94. The molecule has 0 N–H and O–H groups in total. The average Bonchev–Trinajstić information content (AvgIpc) is 2.97. The minimum atomic E-state index is -2.23. The van der Waals surface area contributed by atoms with Crippen molar-refractivity contribution in [3.8, 4) is 0 Å². The van der Waals surface area contributed by atoms with Crippen LogP contribution in [0.2, 0.25) is 0 Å². The summed E-state index contributed by atoms with van der Waals surface area (Å²) in [6.07, 6.45) is 8.76. The van der Waals surface area contributed by atoms with E-state index in [1.807, 2.05) is 0 Å². The zero-order valence-electron chi connectivity index (χ0n) is 19.2. The molecule has 2 heterocycles. The van der Waals surface area contributed by atoms with Crippen molar-refractivity contribution in [2.75, 3.05) is 0 Å². The number of nitrogens with zero attached hydrogens (tertiary/aromatic N) is 4. The molecule has 1 aromatic carbocycles. The van der Waals surface area contributed by atoms with Gasteiger partial charge in [-0.1, -0.05) is 36.4 Å². The Balaban J connectivity index is 2.36. The van der Waals surface area contributed by atoms with E-state index in [4.69, 9.17) is 4.74 Å². The van der Waals surface area contributed by atoms with Crippen LogP contribution in [0, 0.1) is 0 Å². The van der Waals surface area contributed by atoms with E-state index in [2.05, 4.69) is 124 Å². The molecule has 0 saturated carbocycles. The number of hydrogen-bond donors (Lipinski definition) is 0. The van der Waals surface area contributed by atoms with Gasteiger partial charge in [0.2, 0.25) is 7.51 Å². The summed E-state index contributed by atoms with van der Waals surface area (Å²) in [5, 5.41) is 0. The van der Waals surface area contributed by atoms with Crippen molar-refractivity contribution in [1.82, 2.24) is 14.0 Å². The molecular formula is C24H37N4P. The summed E-state index contributed by atoms with van der Waals surface area (Å²) in [6, 6.07) is 12.2. The van der Waals surface area contributed by atoms with Gasteiger partial charge < -0.3 is 0 Å². The lowest BCUT2D eigenvalue weighted by Gasteiger charge is -2.53. The van der Waals surface area contributed by atoms with Gasteiger partial charge in [0.1, 0.15) is 0 Å². The van der Waals surface area contributed by atoms with E-state index in [1.54, 1.807) is 0 Å². The first-order valence-electron chi connectivity index (χ1n) is 10.9. The minimum Gasteiger partial charge on any atom is -0.288 e. The van der Waals surface area contributed by atoms with E-state index < -0.39 is 7.51 Å². The largest absolute Gasteiger partial charge is 0.288 e. The Labute approximate surface area is 177 Å². The maximum absolute atomic E-state index is 5.69. The van der Waals surface area contributed by atoms with Gasteiger partial charge in [-0.25, -0.2) is 14.1 Å². The van der Waals surface area contributed by atoms with Crippen molar-refractivity contribution in [3.63, 3.8) is 0 Å². The molecule has 0 unspecified atom stereocenters. The highest BCUT2D eigenvalue weighted by Gasteiger charge is 2.49. The monoisotopic (exact) mass is 412 g/mol. The van der Waals surface area contributed by atoms with E-state index in [9.17, 15) is 0 Å². The third-order valence-corrected chi connectivity index (χ3v) is 9.87. The first kappa shape index (κ1) is 22.1. The van der Waals surface area contributed by atoms with Crippen LogP contribution in [0.1, 0.15) is 61.0 Å². The van der Waals surface area contributed by atoms with Gasteiger partial charge in [0.05, 0.1) is 11.4 Å². The van der Waals surface area contributed by atoms with Gasteiger partial charge in [-0.05, 0) is 67.5 Å². The van der Waals surface area contributed by atoms with Crippen molar-refractivity contribution in [2.45, 2.75) is 79.6 Å². The topological polar surface area (TPSA) is 22.1 Å². The van der Waals surface area contributed by atoms with Gasteiger partial charge in [0.15, 0.2) is 0 Å². The standard InChI is InChI=1S/C24H37N4P/c1-18(2)27(19(3)4)29(28(20(5)6)21(7)8)25-24(22-14-10-9-11-15-22)23-16-12-13-17-26(23)29/h9-21H,1-8H3. The smallest absolute Gasteiger partial charge is 0.203 e. The van der Waals surface area contributed by atoms with Crippen LogP contribution < -0.4 is 0 Å². The summed E-state index contributed by atoms with van der Waals surface area (Å²) in [5.41, 5.74) is 3.51. The molecule has 0 spiro atoms. The molecule has 29 heavy (non-hydrogen) atoms. The molecular weight excluding hydrogens is 375 g/mol. The SMILES string of the molecule is CC(C)N(C(C)C)P1(N(C(C)C)C(C)C)=NC(c2ccccc2)=C2C=CC=CN21. The summed E-state index contributed by atoms with van der Waals surface area (Å²) >= 11 is 0. The second-order valence-corrected chi connectivity index (χ2v) is 11.5. The number of rotatable bonds is 7. The van der Waals surface area contributed by atoms with Gasteiger partial charge in [0.25, 0.3) is 0 Å². The van der Waals surface area contributed by atoms with Gasteiger partial charge >= 0.3 is 0 Å². The van der Waals surface area contributed by atoms with Crippen molar-refractivity contribution >= 4 is 13.2 Å². The normalized spacial score (nSPS) is 18.2. The number of fused-ring (bicyclic) bond motifs is 1. The zero-order valence-corrected chi connectivity index (χ0v) is 20.1. The van der Waals surface area contributed by atoms with Gasteiger partial charge in [-0.2, -0.15) is 0 Å². The van der Waals surface area contributed by atoms with Crippen LogP contribution >= 0.6 is 7.51 Å². The summed E-state index contributed by atoms with van der Waals surface area (Å²) in [7, 11) is -2.23. The van der Waals surface area contributed by atoms with E-state index in [0.717, 1.165) is 5.70 Å². The lowest BCUT2D eigenvalue weighted by molar-refractivity contribution is 0.234. The fourth-order valence-electron chi connectivity index (χ4n) is 4.77. The highest BCUT2D eigenvalue weighted by atomic mass is 31.2. The Morgan fingerprint density at radius 1 is 0.759 bits per heavy atom. The molecule has 2 aliphatic heterocycles. The predicted molar refractivity (Wildman–Crippen MR) is 127 cm³/mol. The molecule has 0 amide bonds. The summed E-state index contributed by atoms with van der Waals surface area (Å²) < 4.78 is 13.5. The summed E-state index contributed by atoms with van der Waals surface area (Å²) in [6.45, 7) is 18.4. The lowest BCUT2D eigenvalue weighted by Crippen LogP contribution is -2.48. The Bertz CT molecular complexity index is 822. The molecule has 5 heteroatoms. The molecule has 1 aromatic rings. The van der Waals surface area contributed by atoms with Crippen LogP contribution in [-0.4, -0.2) is 38.2 Å². The number of allylic oxidation sites excluding steroid dienone is 3. The highest BCUT2D eigenvalue weighted by Crippen LogP contribution is 2.70. The average molecular weight is 413 g/mol. The molecule has 3 rings (SSSR count). The van der Waals surface area contributed by atoms with E-state index in [-0.39, 0.29) is 0 Å². The number of benzene rings is 1. The molecule has 2 aliphatic rings. The van der Waals surface area contributed by atoms with Crippen molar-refractivity contribution in [3.05, 3.63) is 66.0 Å². The Morgan fingerprint density at radius 3 is 1.76 bits per heavy atom. The first-order chi connectivity index (χ1) is 13.7. The lowest BCUT2D eigenvalue weighted by atomic mass is 10.1. The fourth-order valence-corrected chi connectivity index (χ4v) is 9.43. The van der Waals surface area contributed by atoms with Crippen LogP contribution in [-0.2, 0) is 0 Å². The van der Waals surface area contributed by atoms with E-state index in [0.29, 0.717) is 24.2 Å². The van der Waals surface area contributed by atoms with Crippen molar-refractivity contribution < 1.29 is 0 Å². The summed E-state index contributed by atoms with van der Waals surface area (Å²) in [4.78, 5) is 0. The molecule has 0 aliphatic carbocycles. The maximum Gasteiger partial charge on any atom is 0.203 e. The molecule has 0 aromatic heterocycles. The third kappa shape index (κ3) is 3.79. The zero-order chi connectivity index (χ0) is 21.3. The minimum absolute atomic E-state index is 0.378. The summed E-state index contributed by atoms with van der Waals surface area (Å²) in [5.74, 6) is 0. The quantitative estimate of drug-likeness (QED) is 0.453. The van der Waals surface area contributed by atoms with Crippen molar-refractivity contribution in [1.29, 1.82) is 0 Å². The van der Waals surface area contributed by atoms with Crippen LogP contribution in [0.15, 0.2) is 65.2 Å². The first-order valence-corrected chi connectivity index (χ1v) is 12.5. The van der Waals surface area contributed by atoms with Crippen LogP contribution in [0.4, 0.5) is 0 Å². The molecule has 0 saturated heterocycles. The van der Waals surface area contributed by atoms with E-state index in [1.165, 1.54) is 11.3 Å². The van der Waals surface area contributed by atoms with Gasteiger partial charge in [-0.15, -0.1) is 0 Å². The van der Waals surface area contributed by atoms with Gasteiger partial charge in [-0.3, -0.25) is 4.67 Å². The van der Waals surface area contributed by atoms with Crippen LogP contribution in [0.3, 0.4) is 0 Å². The Morgan fingerprint density at radius 2 is 1.28 bits per heavy atom. The van der Waals surface area contributed by atoms with Gasteiger partial charge in [0, 0.05) is 35.9 Å². The highest BCUT2D eigenvalue weighted by molar-refractivity contribution is 7.60. The van der Waals surface area contributed by atoms with E-state index >= 15 is 0 Å². The fraction of sp³-hybridized carbons (Fsp3) is 0.500. The van der Waals surface area contributed by atoms with Crippen molar-refractivity contribution in [2.24, 2.45) is 4.74 Å². The molecule has 0 atom stereocenters.